The van der Waals surface area contributed by atoms with E-state index in [1.165, 1.54) is 18.6 Å². The predicted molar refractivity (Wildman–Crippen MR) is 181 cm³/mol. The molecule has 0 unspecified atom stereocenters. The SMILES string of the molecule is CCC[C@@H](NC(=O)[C@@H]1[C@H]2CCC[C@H]2CN1C(=O)[C@@H](NC(=O)[C@H](NC(=O)c1cnccn1)C1CCCCC1)C(C)(C)C)C(=O)C(=O)NC1CC1. The average molecular weight is 680 g/mol. The molecule has 1 aromatic rings. The molecule has 13 nitrogen and oxygen atoms in total. The molecular weight excluding hydrogens is 626 g/mol. The summed E-state index contributed by atoms with van der Waals surface area (Å²) in [5, 5.41) is 11.5. The van der Waals surface area contributed by atoms with Crippen LogP contribution in [0.1, 0.15) is 115 Å². The van der Waals surface area contributed by atoms with Crippen LogP contribution in [0.3, 0.4) is 0 Å². The van der Waals surface area contributed by atoms with Crippen LogP contribution in [0.25, 0.3) is 0 Å². The Morgan fingerprint density at radius 1 is 0.898 bits per heavy atom. The van der Waals surface area contributed by atoms with E-state index in [0.29, 0.717) is 19.4 Å². The first kappa shape index (κ1) is 36.4. The summed E-state index contributed by atoms with van der Waals surface area (Å²) in [6, 6.07) is -3.68. The van der Waals surface area contributed by atoms with Crippen LogP contribution in [0.4, 0.5) is 0 Å². The monoisotopic (exact) mass is 679 g/mol. The fourth-order valence-electron chi connectivity index (χ4n) is 7.87. The highest BCUT2D eigenvalue weighted by Crippen LogP contribution is 2.43. The van der Waals surface area contributed by atoms with Crippen molar-refractivity contribution >= 4 is 35.3 Å². The quantitative estimate of drug-likeness (QED) is 0.230. The Labute approximate surface area is 288 Å². The Hall–Kier alpha value is -3.90. The van der Waals surface area contributed by atoms with Gasteiger partial charge in [0.25, 0.3) is 11.8 Å². The number of nitrogens with one attached hydrogen (secondary N) is 4. The van der Waals surface area contributed by atoms with E-state index in [1.54, 1.807) is 4.90 Å². The largest absolute Gasteiger partial charge is 0.347 e. The summed E-state index contributed by atoms with van der Waals surface area (Å²) in [5.74, 6) is -3.20. The summed E-state index contributed by atoms with van der Waals surface area (Å²) in [5.41, 5.74) is -0.638. The van der Waals surface area contributed by atoms with E-state index in [9.17, 15) is 28.8 Å². The van der Waals surface area contributed by atoms with Crippen molar-refractivity contribution in [3.8, 4) is 0 Å². The summed E-state index contributed by atoms with van der Waals surface area (Å²) in [6.45, 7) is 7.85. The molecule has 5 rings (SSSR count). The van der Waals surface area contributed by atoms with Crippen molar-refractivity contribution in [1.82, 2.24) is 36.1 Å². The standard InChI is InChI=1S/C36H53N7O6/c1-5-10-25(29(44)34(48)39-23-15-16-23)40-33(47)28-24-14-9-13-22(24)20-43(28)35(49)30(36(2,3)4)42-32(46)27(21-11-7-6-8-12-21)41-31(45)26-19-37-17-18-38-26/h17-19,21-25,27-28,30H,5-16,20H2,1-4H3,(H,39,48)(H,40,47)(H,41,45)(H,42,46)/t22-,24-,25+,27+,28-,30+/m0/s1. The third kappa shape index (κ3) is 8.83. The van der Waals surface area contributed by atoms with E-state index in [-0.39, 0.29) is 35.4 Å². The van der Waals surface area contributed by atoms with Gasteiger partial charge in [-0.2, -0.15) is 0 Å². The molecule has 4 aliphatic rings. The second kappa shape index (κ2) is 15.8. The van der Waals surface area contributed by atoms with Gasteiger partial charge in [0.15, 0.2) is 0 Å². The fraction of sp³-hybridized carbons (Fsp3) is 0.722. The lowest BCUT2D eigenvalue weighted by molar-refractivity contribution is -0.146. The van der Waals surface area contributed by atoms with Gasteiger partial charge in [0.2, 0.25) is 23.5 Å². The predicted octanol–water partition coefficient (Wildman–Crippen LogP) is 2.45. The molecule has 3 saturated carbocycles. The number of amides is 5. The molecule has 6 atom stereocenters. The molecule has 1 saturated heterocycles. The van der Waals surface area contributed by atoms with Crippen molar-refractivity contribution < 1.29 is 28.8 Å². The Balaban J connectivity index is 1.36. The Morgan fingerprint density at radius 3 is 2.27 bits per heavy atom. The molecule has 1 aromatic heterocycles. The zero-order valence-corrected chi connectivity index (χ0v) is 29.3. The Kier molecular flexibility index (Phi) is 11.7. The van der Waals surface area contributed by atoms with Crippen LogP contribution in [0.15, 0.2) is 18.6 Å². The third-order valence-corrected chi connectivity index (χ3v) is 10.7. The smallest absolute Gasteiger partial charge is 0.289 e. The topological polar surface area (TPSA) is 180 Å². The number of likely N-dealkylation sites (tertiary alicyclic amines) is 1. The van der Waals surface area contributed by atoms with Crippen LogP contribution in [0.2, 0.25) is 0 Å². The van der Waals surface area contributed by atoms with Gasteiger partial charge in [0.05, 0.1) is 12.2 Å². The zero-order chi connectivity index (χ0) is 35.3. The van der Waals surface area contributed by atoms with Gasteiger partial charge in [-0.1, -0.05) is 59.8 Å². The second-order valence-electron chi connectivity index (χ2n) is 15.5. The van der Waals surface area contributed by atoms with Crippen molar-refractivity contribution in [2.75, 3.05) is 6.54 Å². The minimum Gasteiger partial charge on any atom is -0.347 e. The molecular formula is C36H53N7O6. The van der Waals surface area contributed by atoms with Crippen molar-refractivity contribution in [3.63, 3.8) is 0 Å². The maximum absolute atomic E-state index is 14.6. The lowest BCUT2D eigenvalue weighted by atomic mass is 9.82. The van der Waals surface area contributed by atoms with E-state index in [4.69, 9.17) is 0 Å². The summed E-state index contributed by atoms with van der Waals surface area (Å²) in [7, 11) is 0. The maximum Gasteiger partial charge on any atom is 0.289 e. The van der Waals surface area contributed by atoms with Gasteiger partial charge in [-0.15, -0.1) is 0 Å². The molecule has 4 fully saturated rings. The summed E-state index contributed by atoms with van der Waals surface area (Å²) in [6.07, 6.45) is 13.9. The number of aromatic nitrogens is 2. The minimum absolute atomic E-state index is 0.0132. The molecule has 1 aliphatic heterocycles. The van der Waals surface area contributed by atoms with Crippen molar-refractivity contribution in [2.24, 2.45) is 23.2 Å². The number of Topliss-reactive ketones (excluding diaryl/α,β-unsaturated/α-hetero) is 1. The summed E-state index contributed by atoms with van der Waals surface area (Å²) < 4.78 is 0. The van der Waals surface area contributed by atoms with Gasteiger partial charge in [0.1, 0.15) is 23.8 Å². The first-order chi connectivity index (χ1) is 23.4. The maximum atomic E-state index is 14.6. The molecule has 49 heavy (non-hydrogen) atoms. The average Bonchev–Trinajstić information content (AvgIpc) is 3.65. The number of carbonyl (C=O) groups is 6. The van der Waals surface area contributed by atoms with Gasteiger partial charge >= 0.3 is 0 Å². The van der Waals surface area contributed by atoms with Gasteiger partial charge in [-0.05, 0) is 68.1 Å². The summed E-state index contributed by atoms with van der Waals surface area (Å²) in [4.78, 5) is 91.4. The van der Waals surface area contributed by atoms with Crippen LogP contribution in [-0.2, 0) is 24.0 Å². The number of fused-ring (bicyclic) bond motifs is 1. The lowest BCUT2D eigenvalue weighted by Crippen LogP contribution is -2.62. The fourth-order valence-corrected chi connectivity index (χ4v) is 7.87. The van der Waals surface area contributed by atoms with Gasteiger partial charge < -0.3 is 26.2 Å². The van der Waals surface area contributed by atoms with Crippen LogP contribution >= 0.6 is 0 Å². The molecule has 0 bridgehead atoms. The highest BCUT2D eigenvalue weighted by atomic mass is 16.2. The van der Waals surface area contributed by atoms with Crippen LogP contribution in [0, 0.1) is 23.2 Å². The highest BCUT2D eigenvalue weighted by Gasteiger charge is 2.52. The number of carbonyl (C=O) groups excluding carboxylic acids is 6. The summed E-state index contributed by atoms with van der Waals surface area (Å²) >= 11 is 0. The van der Waals surface area contributed by atoms with Crippen molar-refractivity contribution in [1.29, 1.82) is 0 Å². The van der Waals surface area contributed by atoms with Gasteiger partial charge in [0, 0.05) is 25.0 Å². The normalized spacial score (nSPS) is 24.2. The molecule has 0 spiro atoms. The molecule has 0 radical (unpaired) electrons. The van der Waals surface area contributed by atoms with Crippen LogP contribution in [0.5, 0.6) is 0 Å². The van der Waals surface area contributed by atoms with E-state index in [2.05, 4.69) is 31.2 Å². The van der Waals surface area contributed by atoms with Crippen molar-refractivity contribution in [3.05, 3.63) is 24.3 Å². The second-order valence-corrected chi connectivity index (χ2v) is 15.5. The molecule has 5 amide bonds. The molecule has 13 heteroatoms. The molecule has 3 aliphatic carbocycles. The van der Waals surface area contributed by atoms with Crippen LogP contribution < -0.4 is 21.3 Å². The first-order valence-corrected chi connectivity index (χ1v) is 18.2. The van der Waals surface area contributed by atoms with E-state index >= 15 is 0 Å². The Morgan fingerprint density at radius 2 is 1.63 bits per heavy atom. The number of hydrogen-bond acceptors (Lipinski definition) is 8. The highest BCUT2D eigenvalue weighted by molar-refractivity contribution is 6.38. The van der Waals surface area contributed by atoms with E-state index in [0.717, 1.165) is 64.2 Å². The molecule has 2 heterocycles. The first-order valence-electron chi connectivity index (χ1n) is 18.2. The molecule has 0 aromatic carbocycles. The lowest BCUT2D eigenvalue weighted by Gasteiger charge is -2.38. The van der Waals surface area contributed by atoms with Gasteiger partial charge in [-0.25, -0.2) is 4.98 Å². The third-order valence-electron chi connectivity index (χ3n) is 10.7. The number of rotatable bonds is 13. The zero-order valence-electron chi connectivity index (χ0n) is 29.3. The minimum atomic E-state index is -0.994. The van der Waals surface area contributed by atoms with E-state index < -0.39 is 59.0 Å². The van der Waals surface area contributed by atoms with Crippen molar-refractivity contribution in [2.45, 2.75) is 135 Å². The van der Waals surface area contributed by atoms with Crippen LogP contribution in [-0.4, -0.2) is 86.9 Å². The molecule has 268 valence electrons. The van der Waals surface area contributed by atoms with Gasteiger partial charge in [-0.3, -0.25) is 33.8 Å². The molecule has 4 N–H and O–H groups in total. The Bertz CT molecular complexity index is 1390. The number of nitrogens with zero attached hydrogens (tertiary/aromatic N) is 3. The number of ketones is 1. The van der Waals surface area contributed by atoms with E-state index in [1.807, 2.05) is 27.7 Å². The number of hydrogen-bond donors (Lipinski definition) is 4.